The highest BCUT2D eigenvalue weighted by atomic mass is 35.5. The monoisotopic (exact) mass is 251 g/mol. The van der Waals surface area contributed by atoms with Gasteiger partial charge in [0.2, 0.25) is 0 Å². The third-order valence-electron chi connectivity index (χ3n) is 1.89. The van der Waals surface area contributed by atoms with Crippen molar-refractivity contribution in [2.45, 2.75) is 6.54 Å². The maximum Gasteiger partial charge on any atom is 0.0785 e. The van der Waals surface area contributed by atoms with Gasteiger partial charge in [-0.15, -0.1) is 11.3 Å². The zero-order valence-electron chi connectivity index (χ0n) is 8.48. The first-order valence-corrected chi connectivity index (χ1v) is 5.93. The van der Waals surface area contributed by atoms with Crippen molar-refractivity contribution in [3.63, 3.8) is 0 Å². The lowest BCUT2D eigenvalue weighted by Crippen LogP contribution is -1.97. The molecular weight excluding hydrogens is 242 g/mol. The van der Waals surface area contributed by atoms with E-state index in [-0.39, 0.29) is 0 Å². The molecular formula is C11H10ClN3S. The van der Waals surface area contributed by atoms with Crippen molar-refractivity contribution in [1.29, 1.82) is 0 Å². The molecule has 2 heterocycles. The van der Waals surface area contributed by atoms with Gasteiger partial charge in [-0.1, -0.05) is 23.4 Å². The van der Waals surface area contributed by atoms with E-state index >= 15 is 0 Å². The van der Waals surface area contributed by atoms with Crippen molar-refractivity contribution < 1.29 is 0 Å². The van der Waals surface area contributed by atoms with Crippen LogP contribution in [-0.2, 0) is 6.54 Å². The van der Waals surface area contributed by atoms with E-state index < -0.39 is 0 Å². The molecule has 0 unspecified atom stereocenters. The summed E-state index contributed by atoms with van der Waals surface area (Å²) in [5.74, 6) is 5.83. The highest BCUT2D eigenvalue weighted by Crippen LogP contribution is 2.17. The van der Waals surface area contributed by atoms with Crippen molar-refractivity contribution >= 4 is 22.9 Å². The predicted molar refractivity (Wildman–Crippen MR) is 66.6 cm³/mol. The van der Waals surface area contributed by atoms with E-state index in [0.717, 1.165) is 11.4 Å². The summed E-state index contributed by atoms with van der Waals surface area (Å²) in [6.45, 7) is 1.11. The Kier molecular flexibility index (Phi) is 3.62. The molecule has 0 fully saturated rings. The first-order valence-electron chi connectivity index (χ1n) is 4.73. The van der Waals surface area contributed by atoms with Gasteiger partial charge in [-0.25, -0.2) is 0 Å². The molecule has 3 nitrogen and oxygen atoms in total. The van der Waals surface area contributed by atoms with Gasteiger partial charge in [-0.3, -0.25) is 4.68 Å². The van der Waals surface area contributed by atoms with Crippen LogP contribution in [0.3, 0.4) is 0 Å². The molecule has 2 aromatic heterocycles. The molecule has 0 saturated heterocycles. The molecule has 0 spiro atoms. The Morgan fingerprint density at radius 3 is 3.06 bits per heavy atom. The maximum atomic E-state index is 5.78. The van der Waals surface area contributed by atoms with Gasteiger partial charge in [0, 0.05) is 11.1 Å². The van der Waals surface area contributed by atoms with Gasteiger partial charge in [0.25, 0.3) is 0 Å². The van der Waals surface area contributed by atoms with Gasteiger partial charge in [-0.05, 0) is 12.1 Å². The van der Waals surface area contributed by atoms with Crippen molar-refractivity contribution in [2.75, 3.05) is 6.54 Å². The standard InChI is InChI=1S/C11H10ClN3S/c12-9-6-14-15(7-9)8-11-4-3-10(16-11)2-1-5-13/h3-4,6-7H,5,8,13H2. The smallest absolute Gasteiger partial charge is 0.0785 e. The number of aromatic nitrogens is 2. The Balaban J connectivity index is 2.08. The summed E-state index contributed by atoms with van der Waals surface area (Å²) >= 11 is 7.43. The minimum atomic E-state index is 0.391. The molecule has 0 amide bonds. The molecule has 5 heteroatoms. The van der Waals surface area contributed by atoms with Gasteiger partial charge < -0.3 is 5.73 Å². The Labute approximate surface area is 103 Å². The van der Waals surface area contributed by atoms with Gasteiger partial charge in [-0.2, -0.15) is 5.10 Å². The average molecular weight is 252 g/mol. The lowest BCUT2D eigenvalue weighted by atomic mass is 10.4. The molecule has 0 aliphatic rings. The molecule has 0 saturated carbocycles. The molecule has 0 bridgehead atoms. The number of nitrogens with zero attached hydrogens (tertiary/aromatic N) is 2. The molecule has 2 aromatic rings. The SMILES string of the molecule is NCC#Cc1ccc(Cn2cc(Cl)cn2)s1. The number of halogens is 1. The Bertz CT molecular complexity index is 533. The zero-order valence-corrected chi connectivity index (χ0v) is 10.1. The van der Waals surface area contributed by atoms with E-state index in [2.05, 4.69) is 16.9 Å². The second-order valence-corrected chi connectivity index (χ2v) is 4.73. The first kappa shape index (κ1) is 11.2. The molecule has 16 heavy (non-hydrogen) atoms. The molecule has 0 atom stereocenters. The molecule has 2 N–H and O–H groups in total. The number of hydrogen-bond donors (Lipinski definition) is 1. The number of thiophene rings is 1. The average Bonchev–Trinajstić information content (AvgIpc) is 2.86. The van der Waals surface area contributed by atoms with E-state index in [1.54, 1.807) is 28.4 Å². The molecule has 2 rings (SSSR count). The number of hydrogen-bond acceptors (Lipinski definition) is 3. The summed E-state index contributed by atoms with van der Waals surface area (Å²) in [6.07, 6.45) is 3.43. The van der Waals surface area contributed by atoms with Crippen LogP contribution >= 0.6 is 22.9 Å². The Morgan fingerprint density at radius 2 is 2.38 bits per heavy atom. The van der Waals surface area contributed by atoms with Crippen LogP contribution in [0.2, 0.25) is 5.02 Å². The van der Waals surface area contributed by atoms with E-state index in [4.69, 9.17) is 17.3 Å². The van der Waals surface area contributed by atoms with Gasteiger partial charge in [0.05, 0.1) is 29.2 Å². The highest BCUT2D eigenvalue weighted by molar-refractivity contribution is 7.12. The second-order valence-electron chi connectivity index (χ2n) is 3.13. The first-order chi connectivity index (χ1) is 7.78. The molecule has 0 radical (unpaired) electrons. The second kappa shape index (κ2) is 5.17. The van der Waals surface area contributed by atoms with E-state index in [0.29, 0.717) is 11.6 Å². The fraction of sp³-hybridized carbons (Fsp3) is 0.182. The molecule has 0 aromatic carbocycles. The lowest BCUT2D eigenvalue weighted by molar-refractivity contribution is 0.695. The molecule has 0 aliphatic carbocycles. The summed E-state index contributed by atoms with van der Waals surface area (Å²) < 4.78 is 1.80. The van der Waals surface area contributed by atoms with E-state index in [9.17, 15) is 0 Å². The normalized spacial score (nSPS) is 9.88. The fourth-order valence-electron chi connectivity index (χ4n) is 1.25. The van der Waals surface area contributed by atoms with Gasteiger partial charge >= 0.3 is 0 Å². The molecule has 82 valence electrons. The lowest BCUT2D eigenvalue weighted by Gasteiger charge is -1.95. The topological polar surface area (TPSA) is 43.8 Å². The van der Waals surface area contributed by atoms with Crippen LogP contribution in [0.1, 0.15) is 9.75 Å². The van der Waals surface area contributed by atoms with E-state index in [1.807, 2.05) is 12.1 Å². The van der Waals surface area contributed by atoms with Crippen LogP contribution in [0.5, 0.6) is 0 Å². The van der Waals surface area contributed by atoms with Crippen molar-refractivity contribution in [1.82, 2.24) is 9.78 Å². The van der Waals surface area contributed by atoms with Crippen LogP contribution in [0.25, 0.3) is 0 Å². The summed E-state index contributed by atoms with van der Waals surface area (Å²) in [7, 11) is 0. The van der Waals surface area contributed by atoms with Crippen LogP contribution in [0.15, 0.2) is 24.5 Å². The summed E-state index contributed by atoms with van der Waals surface area (Å²) in [5.41, 5.74) is 5.31. The van der Waals surface area contributed by atoms with Crippen LogP contribution in [0, 0.1) is 11.8 Å². The summed E-state index contributed by atoms with van der Waals surface area (Å²) in [6, 6.07) is 4.04. The van der Waals surface area contributed by atoms with Crippen LogP contribution in [0.4, 0.5) is 0 Å². The zero-order chi connectivity index (χ0) is 11.4. The fourth-order valence-corrected chi connectivity index (χ4v) is 2.28. The Morgan fingerprint density at radius 1 is 1.50 bits per heavy atom. The van der Waals surface area contributed by atoms with Crippen LogP contribution < -0.4 is 5.73 Å². The third-order valence-corrected chi connectivity index (χ3v) is 3.08. The van der Waals surface area contributed by atoms with Crippen molar-refractivity contribution in [3.05, 3.63) is 39.3 Å². The number of nitrogens with two attached hydrogens (primary N) is 1. The largest absolute Gasteiger partial charge is 0.320 e. The van der Waals surface area contributed by atoms with Crippen molar-refractivity contribution in [3.8, 4) is 11.8 Å². The van der Waals surface area contributed by atoms with Crippen molar-refractivity contribution in [2.24, 2.45) is 5.73 Å². The quantitative estimate of drug-likeness (QED) is 0.830. The third kappa shape index (κ3) is 2.86. The Hall–Kier alpha value is -1.28. The van der Waals surface area contributed by atoms with Crippen LogP contribution in [-0.4, -0.2) is 16.3 Å². The molecule has 0 aliphatic heterocycles. The van der Waals surface area contributed by atoms with Gasteiger partial charge in [0.15, 0.2) is 0 Å². The number of rotatable bonds is 2. The minimum Gasteiger partial charge on any atom is -0.320 e. The highest BCUT2D eigenvalue weighted by Gasteiger charge is 2.00. The minimum absolute atomic E-state index is 0.391. The summed E-state index contributed by atoms with van der Waals surface area (Å²) in [5, 5.41) is 4.77. The maximum absolute atomic E-state index is 5.78. The predicted octanol–water partition coefficient (Wildman–Crippen LogP) is 1.96. The van der Waals surface area contributed by atoms with E-state index in [1.165, 1.54) is 4.88 Å². The summed E-state index contributed by atoms with van der Waals surface area (Å²) in [4.78, 5) is 2.22. The van der Waals surface area contributed by atoms with Gasteiger partial charge in [0.1, 0.15) is 0 Å².